The molecule has 12 heavy (non-hydrogen) atoms. The van der Waals surface area contributed by atoms with Crippen molar-refractivity contribution >= 4 is 11.8 Å². The number of rotatable bonds is 5. The maximum absolute atomic E-state index is 5.07. The van der Waals surface area contributed by atoms with Crippen LogP contribution in [0.2, 0.25) is 0 Å². The first kappa shape index (κ1) is 9.61. The molecule has 0 aliphatic carbocycles. The van der Waals surface area contributed by atoms with Crippen molar-refractivity contribution in [2.75, 3.05) is 12.8 Å². The van der Waals surface area contributed by atoms with Gasteiger partial charge in [0.15, 0.2) is 6.39 Å². The van der Waals surface area contributed by atoms with Crippen LogP contribution in [-0.4, -0.2) is 23.0 Å². The lowest BCUT2D eigenvalue weighted by atomic mass is 10.4. The minimum atomic E-state index is 0.646. The fourth-order valence-corrected chi connectivity index (χ4v) is 1.10. The van der Waals surface area contributed by atoms with Crippen LogP contribution in [0, 0.1) is 0 Å². The van der Waals surface area contributed by atoms with Gasteiger partial charge < -0.3 is 9.73 Å². The minimum absolute atomic E-state index is 0.646. The van der Waals surface area contributed by atoms with Gasteiger partial charge in [0, 0.05) is 11.8 Å². The van der Waals surface area contributed by atoms with E-state index in [0.717, 1.165) is 18.8 Å². The Labute approximate surface area is 76.9 Å². The lowest BCUT2D eigenvalue weighted by molar-refractivity contribution is 0.480. The first-order valence-electron chi connectivity index (χ1n) is 3.94. The molecule has 0 amide bonds. The van der Waals surface area contributed by atoms with Gasteiger partial charge in [0.1, 0.15) is 5.76 Å². The zero-order valence-electron chi connectivity index (χ0n) is 7.41. The van der Waals surface area contributed by atoms with Crippen LogP contribution < -0.4 is 5.32 Å². The summed E-state index contributed by atoms with van der Waals surface area (Å²) in [4.78, 5) is 3.83. The molecule has 1 N–H and O–H groups in total. The van der Waals surface area contributed by atoms with E-state index in [2.05, 4.69) is 23.5 Å². The van der Waals surface area contributed by atoms with Gasteiger partial charge in [-0.3, -0.25) is 0 Å². The highest BCUT2D eigenvalue weighted by Gasteiger charge is 1.99. The van der Waals surface area contributed by atoms with Crippen molar-refractivity contribution in [3.8, 4) is 0 Å². The van der Waals surface area contributed by atoms with E-state index in [0.29, 0.717) is 5.25 Å². The van der Waals surface area contributed by atoms with Gasteiger partial charge in [-0.2, -0.15) is 11.8 Å². The molecule has 0 saturated carbocycles. The van der Waals surface area contributed by atoms with Crippen molar-refractivity contribution < 1.29 is 4.42 Å². The van der Waals surface area contributed by atoms with Crippen molar-refractivity contribution in [1.82, 2.24) is 10.3 Å². The Kier molecular flexibility index (Phi) is 4.18. The molecule has 0 aliphatic heterocycles. The van der Waals surface area contributed by atoms with E-state index in [1.165, 1.54) is 6.39 Å². The third kappa shape index (κ3) is 3.28. The molecule has 1 atom stereocenters. The second-order valence-electron chi connectivity index (χ2n) is 2.64. The van der Waals surface area contributed by atoms with Gasteiger partial charge in [-0.05, 0) is 6.26 Å². The summed E-state index contributed by atoms with van der Waals surface area (Å²) in [6, 6.07) is 0. The Balaban J connectivity index is 2.11. The summed E-state index contributed by atoms with van der Waals surface area (Å²) in [5, 5.41) is 3.93. The third-order valence-corrected chi connectivity index (χ3v) is 2.59. The van der Waals surface area contributed by atoms with Crippen molar-refractivity contribution in [3.63, 3.8) is 0 Å². The van der Waals surface area contributed by atoms with Crippen molar-refractivity contribution in [3.05, 3.63) is 18.4 Å². The summed E-state index contributed by atoms with van der Waals surface area (Å²) >= 11 is 1.85. The maximum Gasteiger partial charge on any atom is 0.180 e. The van der Waals surface area contributed by atoms with Crippen LogP contribution in [0.25, 0.3) is 0 Å². The summed E-state index contributed by atoms with van der Waals surface area (Å²) in [7, 11) is 0. The zero-order chi connectivity index (χ0) is 8.81. The van der Waals surface area contributed by atoms with Crippen LogP contribution in [0.15, 0.2) is 17.0 Å². The van der Waals surface area contributed by atoms with Crippen LogP contribution in [-0.2, 0) is 6.54 Å². The predicted molar refractivity (Wildman–Crippen MR) is 51.2 cm³/mol. The average molecular weight is 186 g/mol. The van der Waals surface area contributed by atoms with E-state index in [1.807, 2.05) is 11.8 Å². The van der Waals surface area contributed by atoms with E-state index in [4.69, 9.17) is 4.42 Å². The number of nitrogens with zero attached hydrogens (tertiary/aromatic N) is 1. The van der Waals surface area contributed by atoms with Gasteiger partial charge in [-0.25, -0.2) is 4.98 Å². The number of hydrogen-bond donors (Lipinski definition) is 1. The van der Waals surface area contributed by atoms with Gasteiger partial charge >= 0.3 is 0 Å². The summed E-state index contributed by atoms with van der Waals surface area (Å²) in [5.74, 6) is 0.892. The molecule has 4 heteroatoms. The first-order valence-corrected chi connectivity index (χ1v) is 5.22. The van der Waals surface area contributed by atoms with Gasteiger partial charge in [0.05, 0.1) is 12.7 Å². The molecule has 1 aromatic rings. The second-order valence-corrected chi connectivity index (χ2v) is 3.92. The highest BCUT2D eigenvalue weighted by molar-refractivity contribution is 7.99. The summed E-state index contributed by atoms with van der Waals surface area (Å²) < 4.78 is 5.07. The zero-order valence-corrected chi connectivity index (χ0v) is 8.23. The molecule has 3 nitrogen and oxygen atoms in total. The van der Waals surface area contributed by atoms with Crippen LogP contribution >= 0.6 is 11.8 Å². The molecule has 0 bridgehead atoms. The number of oxazole rings is 1. The molecule has 1 heterocycles. The molecular formula is C8H14N2OS. The van der Waals surface area contributed by atoms with E-state index >= 15 is 0 Å². The number of thioether (sulfide) groups is 1. The van der Waals surface area contributed by atoms with Crippen LogP contribution in [0.5, 0.6) is 0 Å². The summed E-state index contributed by atoms with van der Waals surface area (Å²) in [5.41, 5.74) is 0. The summed E-state index contributed by atoms with van der Waals surface area (Å²) in [6.07, 6.45) is 5.30. The quantitative estimate of drug-likeness (QED) is 0.756. The van der Waals surface area contributed by atoms with Gasteiger partial charge in [-0.1, -0.05) is 6.92 Å². The van der Waals surface area contributed by atoms with Crippen LogP contribution in [0.1, 0.15) is 12.7 Å². The van der Waals surface area contributed by atoms with E-state index < -0.39 is 0 Å². The molecule has 0 radical (unpaired) electrons. The van der Waals surface area contributed by atoms with Gasteiger partial charge in [0.2, 0.25) is 0 Å². The van der Waals surface area contributed by atoms with Crippen molar-refractivity contribution in [2.24, 2.45) is 0 Å². The van der Waals surface area contributed by atoms with Gasteiger partial charge in [0.25, 0.3) is 0 Å². The van der Waals surface area contributed by atoms with Crippen LogP contribution in [0.3, 0.4) is 0 Å². The second kappa shape index (κ2) is 5.22. The molecule has 0 aromatic carbocycles. The minimum Gasteiger partial charge on any atom is -0.447 e. The normalized spacial score (nSPS) is 13.2. The topological polar surface area (TPSA) is 38.1 Å². The molecule has 68 valence electrons. The highest BCUT2D eigenvalue weighted by Crippen LogP contribution is 2.03. The number of aromatic nitrogens is 1. The monoisotopic (exact) mass is 186 g/mol. The number of nitrogens with one attached hydrogen (secondary N) is 1. The molecule has 0 aliphatic rings. The molecule has 0 fully saturated rings. The smallest absolute Gasteiger partial charge is 0.180 e. The molecular weight excluding hydrogens is 172 g/mol. The Hall–Kier alpha value is -0.480. The fraction of sp³-hybridized carbons (Fsp3) is 0.625. The highest BCUT2D eigenvalue weighted by atomic mass is 32.2. The molecule has 0 saturated heterocycles. The molecule has 1 rings (SSSR count). The van der Waals surface area contributed by atoms with Gasteiger partial charge in [-0.15, -0.1) is 0 Å². The fourth-order valence-electron chi connectivity index (χ4n) is 0.811. The Morgan fingerprint density at radius 2 is 2.58 bits per heavy atom. The summed E-state index contributed by atoms with van der Waals surface area (Å²) in [6.45, 7) is 3.96. The Bertz CT molecular complexity index is 201. The largest absolute Gasteiger partial charge is 0.447 e. The SMILES string of the molecule is CSC(C)CNCc1cnco1. The Morgan fingerprint density at radius 3 is 3.17 bits per heavy atom. The molecule has 1 unspecified atom stereocenters. The molecule has 1 aromatic heterocycles. The standard InChI is InChI=1S/C8H14N2OS/c1-7(12-2)3-9-4-8-5-10-6-11-8/h5-7,9H,3-4H2,1-2H3. The van der Waals surface area contributed by atoms with E-state index in [9.17, 15) is 0 Å². The lowest BCUT2D eigenvalue weighted by Gasteiger charge is -2.07. The maximum atomic E-state index is 5.07. The number of hydrogen-bond acceptors (Lipinski definition) is 4. The lowest BCUT2D eigenvalue weighted by Crippen LogP contribution is -2.21. The third-order valence-electron chi connectivity index (χ3n) is 1.62. The first-order chi connectivity index (χ1) is 5.83. The van der Waals surface area contributed by atoms with E-state index in [1.54, 1.807) is 6.20 Å². The van der Waals surface area contributed by atoms with Crippen LogP contribution in [0.4, 0.5) is 0 Å². The van der Waals surface area contributed by atoms with Crippen molar-refractivity contribution in [1.29, 1.82) is 0 Å². The molecule has 0 spiro atoms. The van der Waals surface area contributed by atoms with Crippen molar-refractivity contribution in [2.45, 2.75) is 18.7 Å². The van der Waals surface area contributed by atoms with E-state index in [-0.39, 0.29) is 0 Å². The average Bonchev–Trinajstić information content (AvgIpc) is 2.57. The predicted octanol–water partition coefficient (Wildman–Crippen LogP) is 1.52. The Morgan fingerprint density at radius 1 is 1.75 bits per heavy atom.